The molecule has 0 saturated carbocycles. The summed E-state index contributed by atoms with van der Waals surface area (Å²) in [6.45, 7) is 6.98. The third-order valence-electron chi connectivity index (χ3n) is 3.75. The Hall–Kier alpha value is -1.06. The Kier molecular flexibility index (Phi) is 4.48. The minimum absolute atomic E-state index is 0.108. The molecule has 0 aromatic heterocycles. The maximum atomic E-state index is 6.42. The molecule has 3 nitrogen and oxygen atoms in total. The first kappa shape index (κ1) is 14.4. The normalized spacial score (nSPS) is 25.3. The molecule has 1 saturated heterocycles. The predicted octanol–water partition coefficient (Wildman–Crippen LogP) is 3.43. The average Bonchev–Trinajstić information content (AvgIpc) is 2.38. The first-order valence-electron chi connectivity index (χ1n) is 7.17. The summed E-state index contributed by atoms with van der Waals surface area (Å²) in [6, 6.07) is 7.96. The molecule has 2 N–H and O–H groups in total. The zero-order valence-electron chi connectivity index (χ0n) is 12.2. The van der Waals surface area contributed by atoms with Crippen LogP contribution in [0.4, 0.5) is 0 Å². The fourth-order valence-corrected chi connectivity index (χ4v) is 2.61. The minimum Gasteiger partial charge on any atom is -0.491 e. The fraction of sp³-hybridized carbons (Fsp3) is 0.625. The summed E-state index contributed by atoms with van der Waals surface area (Å²) in [5.41, 5.74) is 7.25. The van der Waals surface area contributed by atoms with Crippen LogP contribution in [0.3, 0.4) is 0 Å². The van der Waals surface area contributed by atoms with Crippen LogP contribution >= 0.6 is 0 Å². The van der Waals surface area contributed by atoms with E-state index >= 15 is 0 Å². The van der Waals surface area contributed by atoms with Crippen molar-refractivity contribution in [3.63, 3.8) is 0 Å². The van der Waals surface area contributed by atoms with Gasteiger partial charge in [-0.1, -0.05) is 12.1 Å². The summed E-state index contributed by atoms with van der Waals surface area (Å²) in [4.78, 5) is 0. The molecule has 1 fully saturated rings. The zero-order valence-corrected chi connectivity index (χ0v) is 12.2. The van der Waals surface area contributed by atoms with Crippen molar-refractivity contribution in [2.45, 2.75) is 57.8 Å². The third kappa shape index (κ3) is 3.48. The van der Waals surface area contributed by atoms with Crippen molar-refractivity contribution in [3.8, 4) is 5.75 Å². The molecule has 3 heteroatoms. The Labute approximate surface area is 116 Å². The van der Waals surface area contributed by atoms with Gasteiger partial charge in [-0.3, -0.25) is 0 Å². The molecule has 1 aromatic carbocycles. The highest BCUT2D eigenvalue weighted by Gasteiger charge is 2.35. The lowest BCUT2D eigenvalue weighted by Gasteiger charge is -2.39. The second-order valence-electron chi connectivity index (χ2n) is 5.84. The lowest BCUT2D eigenvalue weighted by atomic mass is 9.85. The number of ether oxygens (including phenoxy) is 2. The van der Waals surface area contributed by atoms with Crippen molar-refractivity contribution in [1.82, 2.24) is 0 Å². The van der Waals surface area contributed by atoms with Crippen molar-refractivity contribution in [3.05, 3.63) is 29.8 Å². The molecule has 1 heterocycles. The summed E-state index contributed by atoms with van der Waals surface area (Å²) in [7, 11) is 0. The average molecular weight is 263 g/mol. The number of hydrogen-bond donors (Lipinski definition) is 1. The summed E-state index contributed by atoms with van der Waals surface area (Å²) >= 11 is 0. The smallest absolute Gasteiger partial charge is 0.120 e. The summed E-state index contributed by atoms with van der Waals surface area (Å²) in [5, 5.41) is 0. The molecule has 19 heavy (non-hydrogen) atoms. The van der Waals surface area contributed by atoms with Crippen molar-refractivity contribution in [2.75, 3.05) is 6.61 Å². The summed E-state index contributed by atoms with van der Waals surface area (Å²) in [6.07, 6.45) is 3.52. The van der Waals surface area contributed by atoms with Crippen LogP contribution in [0.1, 0.15) is 51.6 Å². The van der Waals surface area contributed by atoms with Gasteiger partial charge in [-0.2, -0.15) is 0 Å². The van der Waals surface area contributed by atoms with E-state index in [9.17, 15) is 0 Å². The van der Waals surface area contributed by atoms with Gasteiger partial charge in [0.2, 0.25) is 0 Å². The second-order valence-corrected chi connectivity index (χ2v) is 5.84. The number of nitrogens with two attached hydrogens (primary N) is 1. The van der Waals surface area contributed by atoms with Gasteiger partial charge in [-0.05, 0) is 57.7 Å². The monoisotopic (exact) mass is 263 g/mol. The molecule has 0 radical (unpaired) electrons. The van der Waals surface area contributed by atoms with Crippen LogP contribution < -0.4 is 10.5 Å². The Morgan fingerprint density at radius 2 is 2.11 bits per heavy atom. The molecule has 2 unspecified atom stereocenters. The van der Waals surface area contributed by atoms with Crippen LogP contribution in [0, 0.1) is 0 Å². The van der Waals surface area contributed by atoms with Crippen LogP contribution in [0.15, 0.2) is 24.3 Å². The summed E-state index contributed by atoms with van der Waals surface area (Å²) in [5.74, 6) is 0.877. The van der Waals surface area contributed by atoms with Crippen molar-refractivity contribution >= 4 is 0 Å². The highest BCUT2D eigenvalue weighted by Crippen LogP contribution is 2.35. The van der Waals surface area contributed by atoms with E-state index in [4.69, 9.17) is 15.2 Å². The van der Waals surface area contributed by atoms with Crippen LogP contribution in [-0.2, 0) is 4.74 Å². The van der Waals surface area contributed by atoms with Crippen LogP contribution in [0.5, 0.6) is 5.75 Å². The molecular formula is C16H25NO2. The molecule has 0 aliphatic carbocycles. The molecule has 1 aliphatic heterocycles. The maximum absolute atomic E-state index is 6.42. The summed E-state index contributed by atoms with van der Waals surface area (Å²) < 4.78 is 11.7. The maximum Gasteiger partial charge on any atom is 0.120 e. The van der Waals surface area contributed by atoms with E-state index in [2.05, 4.69) is 13.0 Å². The molecule has 1 aliphatic rings. The molecule has 2 rings (SSSR count). The van der Waals surface area contributed by atoms with Crippen molar-refractivity contribution < 1.29 is 9.47 Å². The van der Waals surface area contributed by atoms with Gasteiger partial charge in [-0.15, -0.1) is 0 Å². The van der Waals surface area contributed by atoms with Gasteiger partial charge in [0.25, 0.3) is 0 Å². The number of benzene rings is 1. The topological polar surface area (TPSA) is 44.5 Å². The number of rotatable bonds is 4. The molecule has 0 amide bonds. The SMILES string of the molecule is CC(C)Oc1cccc(C(N)C2(C)CCCCO2)c1. The molecule has 0 spiro atoms. The van der Waals surface area contributed by atoms with E-state index in [0.29, 0.717) is 0 Å². The lowest BCUT2D eigenvalue weighted by molar-refractivity contribution is -0.0821. The fourth-order valence-electron chi connectivity index (χ4n) is 2.61. The predicted molar refractivity (Wildman–Crippen MR) is 77.3 cm³/mol. The van der Waals surface area contributed by atoms with E-state index in [-0.39, 0.29) is 17.7 Å². The van der Waals surface area contributed by atoms with Gasteiger partial charge in [0, 0.05) is 6.61 Å². The van der Waals surface area contributed by atoms with E-state index < -0.39 is 0 Å². The second kappa shape index (κ2) is 5.93. The Balaban J connectivity index is 2.16. The van der Waals surface area contributed by atoms with Gasteiger partial charge >= 0.3 is 0 Å². The van der Waals surface area contributed by atoms with Gasteiger partial charge < -0.3 is 15.2 Å². The quantitative estimate of drug-likeness (QED) is 0.905. The van der Waals surface area contributed by atoms with Crippen LogP contribution in [0.25, 0.3) is 0 Å². The largest absolute Gasteiger partial charge is 0.491 e. The zero-order chi connectivity index (χ0) is 13.9. The van der Waals surface area contributed by atoms with Crippen molar-refractivity contribution in [2.24, 2.45) is 5.73 Å². The van der Waals surface area contributed by atoms with Crippen molar-refractivity contribution in [1.29, 1.82) is 0 Å². The Morgan fingerprint density at radius 1 is 1.32 bits per heavy atom. The lowest BCUT2D eigenvalue weighted by Crippen LogP contribution is -2.43. The van der Waals surface area contributed by atoms with Gasteiger partial charge in [-0.25, -0.2) is 0 Å². The Morgan fingerprint density at radius 3 is 2.74 bits per heavy atom. The van der Waals surface area contributed by atoms with Crippen LogP contribution in [0.2, 0.25) is 0 Å². The van der Waals surface area contributed by atoms with E-state index in [0.717, 1.165) is 30.8 Å². The first-order chi connectivity index (χ1) is 9.01. The minimum atomic E-state index is -0.255. The van der Waals surface area contributed by atoms with Crippen LogP contribution in [-0.4, -0.2) is 18.3 Å². The molecule has 0 bridgehead atoms. The first-order valence-corrected chi connectivity index (χ1v) is 7.17. The highest BCUT2D eigenvalue weighted by atomic mass is 16.5. The Bertz CT molecular complexity index is 411. The van der Waals surface area contributed by atoms with E-state index in [1.807, 2.05) is 32.0 Å². The molecule has 1 aromatic rings. The number of hydrogen-bond acceptors (Lipinski definition) is 3. The van der Waals surface area contributed by atoms with E-state index in [1.54, 1.807) is 0 Å². The molecule has 106 valence electrons. The molecular weight excluding hydrogens is 238 g/mol. The van der Waals surface area contributed by atoms with Gasteiger partial charge in [0.05, 0.1) is 17.7 Å². The third-order valence-corrected chi connectivity index (χ3v) is 3.75. The molecule has 2 atom stereocenters. The standard InChI is InChI=1S/C16H25NO2/c1-12(2)19-14-8-6-7-13(11-14)15(17)16(3)9-4-5-10-18-16/h6-8,11-12,15H,4-5,9-10,17H2,1-3H3. The van der Waals surface area contributed by atoms with Gasteiger partial charge in [0.15, 0.2) is 0 Å². The van der Waals surface area contributed by atoms with E-state index in [1.165, 1.54) is 6.42 Å². The highest BCUT2D eigenvalue weighted by molar-refractivity contribution is 5.32. The van der Waals surface area contributed by atoms with Gasteiger partial charge in [0.1, 0.15) is 5.75 Å².